The van der Waals surface area contributed by atoms with Crippen LogP contribution in [0.25, 0.3) is 0 Å². The Balaban J connectivity index is 2.82. The van der Waals surface area contributed by atoms with Crippen LogP contribution in [0, 0.1) is 11.6 Å². The Morgan fingerprint density at radius 3 is 2.36 bits per heavy atom. The van der Waals surface area contributed by atoms with Gasteiger partial charge in [0.05, 0.1) is 17.9 Å². The van der Waals surface area contributed by atoms with Crippen molar-refractivity contribution in [3.8, 4) is 0 Å². The van der Waals surface area contributed by atoms with Gasteiger partial charge in [-0.25, -0.2) is 17.6 Å². The Labute approximate surface area is 77.7 Å². The minimum atomic E-state index is -2.58. The summed E-state index contributed by atoms with van der Waals surface area (Å²) < 4.78 is 48.7. The molecule has 2 nitrogen and oxygen atoms in total. The molecule has 0 saturated carbocycles. The molecule has 0 bridgehead atoms. The molecule has 0 heterocycles. The van der Waals surface area contributed by atoms with Crippen molar-refractivity contribution >= 4 is 11.4 Å². The summed E-state index contributed by atoms with van der Waals surface area (Å²) in [5.74, 6) is -2.24. The van der Waals surface area contributed by atoms with E-state index in [1.807, 2.05) is 0 Å². The maximum absolute atomic E-state index is 12.6. The Morgan fingerprint density at radius 1 is 1.21 bits per heavy atom. The van der Waals surface area contributed by atoms with E-state index in [1.165, 1.54) is 0 Å². The third kappa shape index (κ3) is 2.51. The SMILES string of the molecule is Nc1cc(F)c(F)cc1NCC(F)F. The molecule has 0 spiro atoms. The van der Waals surface area contributed by atoms with Gasteiger partial charge in [0.15, 0.2) is 11.6 Å². The largest absolute Gasteiger partial charge is 0.397 e. The third-order valence-electron chi connectivity index (χ3n) is 1.54. The van der Waals surface area contributed by atoms with Crippen molar-refractivity contribution in [2.24, 2.45) is 0 Å². The Morgan fingerprint density at radius 2 is 1.79 bits per heavy atom. The molecule has 0 aliphatic rings. The molecule has 0 aromatic heterocycles. The Bertz CT molecular complexity index is 327. The van der Waals surface area contributed by atoms with Gasteiger partial charge < -0.3 is 11.1 Å². The summed E-state index contributed by atoms with van der Waals surface area (Å²) in [5, 5.41) is 2.20. The predicted octanol–water partition coefficient (Wildman–Crippen LogP) is 2.22. The highest BCUT2D eigenvalue weighted by Crippen LogP contribution is 2.21. The number of nitrogen functional groups attached to an aromatic ring is 1. The second-order valence-electron chi connectivity index (χ2n) is 2.63. The quantitative estimate of drug-likeness (QED) is 0.590. The first-order valence-corrected chi connectivity index (χ1v) is 3.77. The van der Waals surface area contributed by atoms with Crippen LogP contribution in [-0.4, -0.2) is 13.0 Å². The number of hydrogen-bond acceptors (Lipinski definition) is 2. The van der Waals surface area contributed by atoms with Crippen LogP contribution in [0.1, 0.15) is 0 Å². The van der Waals surface area contributed by atoms with E-state index in [2.05, 4.69) is 5.32 Å². The molecule has 1 aromatic rings. The van der Waals surface area contributed by atoms with Crippen LogP contribution in [0.15, 0.2) is 12.1 Å². The molecule has 1 rings (SSSR count). The minimum absolute atomic E-state index is 0.0378. The first kappa shape index (κ1) is 10.6. The minimum Gasteiger partial charge on any atom is -0.397 e. The fraction of sp³-hybridized carbons (Fsp3) is 0.250. The van der Waals surface area contributed by atoms with Crippen LogP contribution in [0.4, 0.5) is 28.9 Å². The van der Waals surface area contributed by atoms with E-state index in [4.69, 9.17) is 5.73 Å². The summed E-state index contributed by atoms with van der Waals surface area (Å²) >= 11 is 0. The van der Waals surface area contributed by atoms with E-state index >= 15 is 0 Å². The van der Waals surface area contributed by atoms with Gasteiger partial charge in [0.25, 0.3) is 6.43 Å². The van der Waals surface area contributed by atoms with E-state index in [0.29, 0.717) is 0 Å². The average molecular weight is 208 g/mol. The van der Waals surface area contributed by atoms with Crippen LogP contribution in [0.5, 0.6) is 0 Å². The number of anilines is 2. The molecule has 0 radical (unpaired) electrons. The van der Waals surface area contributed by atoms with Gasteiger partial charge in [-0.2, -0.15) is 0 Å². The maximum atomic E-state index is 12.6. The lowest BCUT2D eigenvalue weighted by Gasteiger charge is -2.08. The standard InChI is InChI=1S/C8H8F4N2/c9-4-1-6(13)7(2-5(4)10)14-3-8(11)12/h1-2,8,14H,3,13H2. The van der Waals surface area contributed by atoms with Crippen molar-refractivity contribution in [3.05, 3.63) is 23.8 Å². The lowest BCUT2D eigenvalue weighted by molar-refractivity contribution is 0.163. The summed E-state index contributed by atoms with van der Waals surface area (Å²) in [6, 6.07) is 1.48. The number of alkyl halides is 2. The predicted molar refractivity (Wildman–Crippen MR) is 45.3 cm³/mol. The molecule has 3 N–H and O–H groups in total. The van der Waals surface area contributed by atoms with Crippen molar-refractivity contribution < 1.29 is 17.6 Å². The number of nitrogens with one attached hydrogen (secondary N) is 1. The van der Waals surface area contributed by atoms with E-state index in [1.54, 1.807) is 0 Å². The number of hydrogen-bond donors (Lipinski definition) is 2. The first-order chi connectivity index (χ1) is 6.50. The third-order valence-corrected chi connectivity index (χ3v) is 1.54. The molecular weight excluding hydrogens is 200 g/mol. The molecule has 6 heteroatoms. The second kappa shape index (κ2) is 4.17. The molecule has 0 amide bonds. The Hall–Kier alpha value is -1.46. The number of halogens is 4. The highest BCUT2D eigenvalue weighted by atomic mass is 19.3. The molecule has 0 fully saturated rings. The molecular formula is C8H8F4N2. The maximum Gasteiger partial charge on any atom is 0.255 e. The lowest BCUT2D eigenvalue weighted by Crippen LogP contribution is -2.12. The topological polar surface area (TPSA) is 38.0 Å². The van der Waals surface area contributed by atoms with E-state index < -0.39 is 24.6 Å². The summed E-state index contributed by atoms with van der Waals surface area (Å²) in [6.07, 6.45) is -2.58. The van der Waals surface area contributed by atoms with Gasteiger partial charge in [0.1, 0.15) is 0 Å². The van der Waals surface area contributed by atoms with Crippen molar-refractivity contribution in [2.45, 2.75) is 6.43 Å². The van der Waals surface area contributed by atoms with Gasteiger partial charge in [-0.3, -0.25) is 0 Å². The summed E-state index contributed by atoms with van der Waals surface area (Å²) in [5.41, 5.74) is 5.12. The fourth-order valence-corrected chi connectivity index (χ4v) is 0.902. The average Bonchev–Trinajstić information content (AvgIpc) is 2.09. The van der Waals surface area contributed by atoms with Crippen LogP contribution < -0.4 is 11.1 Å². The molecule has 1 aromatic carbocycles. The van der Waals surface area contributed by atoms with E-state index in [0.717, 1.165) is 12.1 Å². The van der Waals surface area contributed by atoms with Crippen LogP contribution >= 0.6 is 0 Å². The molecule has 14 heavy (non-hydrogen) atoms. The molecule has 0 atom stereocenters. The van der Waals surface area contributed by atoms with Gasteiger partial charge in [-0.15, -0.1) is 0 Å². The van der Waals surface area contributed by atoms with Gasteiger partial charge in [-0.05, 0) is 0 Å². The summed E-state index contributed by atoms with van der Waals surface area (Å²) in [7, 11) is 0. The van der Waals surface area contributed by atoms with Crippen LogP contribution in [-0.2, 0) is 0 Å². The van der Waals surface area contributed by atoms with Crippen LogP contribution in [0.2, 0.25) is 0 Å². The molecule has 0 unspecified atom stereocenters. The fourth-order valence-electron chi connectivity index (χ4n) is 0.902. The zero-order valence-electron chi connectivity index (χ0n) is 7.03. The molecule has 78 valence electrons. The highest BCUT2D eigenvalue weighted by Gasteiger charge is 2.09. The second-order valence-corrected chi connectivity index (χ2v) is 2.63. The number of rotatable bonds is 3. The first-order valence-electron chi connectivity index (χ1n) is 3.77. The van der Waals surface area contributed by atoms with Crippen molar-refractivity contribution in [2.75, 3.05) is 17.6 Å². The van der Waals surface area contributed by atoms with Gasteiger partial charge >= 0.3 is 0 Å². The van der Waals surface area contributed by atoms with Gasteiger partial charge in [0.2, 0.25) is 0 Å². The van der Waals surface area contributed by atoms with E-state index in [-0.39, 0.29) is 11.4 Å². The molecule has 0 aliphatic heterocycles. The number of benzene rings is 1. The summed E-state index contributed by atoms with van der Waals surface area (Å²) in [4.78, 5) is 0. The molecule has 0 aliphatic carbocycles. The van der Waals surface area contributed by atoms with Gasteiger partial charge in [0, 0.05) is 12.1 Å². The Kier molecular flexibility index (Phi) is 3.16. The highest BCUT2D eigenvalue weighted by molar-refractivity contribution is 5.66. The van der Waals surface area contributed by atoms with Crippen LogP contribution in [0.3, 0.4) is 0 Å². The van der Waals surface area contributed by atoms with Crippen molar-refractivity contribution in [1.29, 1.82) is 0 Å². The summed E-state index contributed by atoms with van der Waals surface area (Å²) in [6.45, 7) is -0.657. The normalized spacial score (nSPS) is 10.6. The lowest BCUT2D eigenvalue weighted by atomic mass is 10.2. The molecule has 0 saturated heterocycles. The zero-order valence-corrected chi connectivity index (χ0v) is 7.03. The van der Waals surface area contributed by atoms with Gasteiger partial charge in [-0.1, -0.05) is 0 Å². The van der Waals surface area contributed by atoms with E-state index in [9.17, 15) is 17.6 Å². The van der Waals surface area contributed by atoms with Crippen molar-refractivity contribution in [1.82, 2.24) is 0 Å². The zero-order chi connectivity index (χ0) is 10.7. The monoisotopic (exact) mass is 208 g/mol. The number of nitrogens with two attached hydrogens (primary N) is 1. The smallest absolute Gasteiger partial charge is 0.255 e. The van der Waals surface area contributed by atoms with Crippen molar-refractivity contribution in [3.63, 3.8) is 0 Å².